The minimum atomic E-state index is -0.0862. The Morgan fingerprint density at radius 1 is 1.40 bits per heavy atom. The third kappa shape index (κ3) is 3.01. The summed E-state index contributed by atoms with van der Waals surface area (Å²) >= 11 is 0. The Labute approximate surface area is 118 Å². The van der Waals surface area contributed by atoms with Crippen LogP contribution in [0.3, 0.4) is 0 Å². The third-order valence-electron chi connectivity index (χ3n) is 3.28. The van der Waals surface area contributed by atoms with Gasteiger partial charge in [-0.2, -0.15) is 0 Å². The van der Waals surface area contributed by atoms with Crippen LogP contribution in [0.1, 0.15) is 16.8 Å². The highest BCUT2D eigenvalue weighted by atomic mass is 16.2. The Kier molecular flexibility index (Phi) is 4.12. The van der Waals surface area contributed by atoms with Crippen molar-refractivity contribution in [2.75, 3.05) is 44.4 Å². The summed E-state index contributed by atoms with van der Waals surface area (Å²) < 4.78 is 0. The molecule has 0 saturated carbocycles. The van der Waals surface area contributed by atoms with Gasteiger partial charge in [-0.25, -0.2) is 0 Å². The van der Waals surface area contributed by atoms with E-state index in [1.54, 1.807) is 26.2 Å². The molecule has 2 rings (SSSR count). The first-order valence-corrected chi connectivity index (χ1v) is 6.62. The van der Waals surface area contributed by atoms with E-state index in [0.29, 0.717) is 24.3 Å². The number of nitrogens with zero attached hydrogens (tertiary/aromatic N) is 2. The van der Waals surface area contributed by atoms with Gasteiger partial charge in [0.15, 0.2) is 0 Å². The molecular formula is C14H20N4O2. The number of anilines is 2. The maximum Gasteiger partial charge on any atom is 0.253 e. The zero-order chi connectivity index (χ0) is 14.7. The van der Waals surface area contributed by atoms with Gasteiger partial charge < -0.3 is 20.9 Å². The molecule has 1 saturated heterocycles. The highest BCUT2D eigenvalue weighted by Gasteiger charge is 2.18. The van der Waals surface area contributed by atoms with E-state index < -0.39 is 0 Å². The second-order valence-electron chi connectivity index (χ2n) is 5.10. The second kappa shape index (κ2) is 5.81. The van der Waals surface area contributed by atoms with E-state index in [2.05, 4.69) is 5.32 Å². The normalized spacial score (nSPS) is 15.5. The molecule has 1 aromatic carbocycles. The first-order valence-electron chi connectivity index (χ1n) is 6.62. The molecule has 3 N–H and O–H groups in total. The Hall–Kier alpha value is -2.24. The van der Waals surface area contributed by atoms with Crippen LogP contribution in [0.5, 0.6) is 0 Å². The SMILES string of the molecule is CN(C)C(=O)c1ccc(N2CCCNC(=O)C2)c(N)c1. The van der Waals surface area contributed by atoms with E-state index >= 15 is 0 Å². The number of carbonyl (C=O) groups excluding carboxylic acids is 2. The Morgan fingerprint density at radius 2 is 2.15 bits per heavy atom. The van der Waals surface area contributed by atoms with Gasteiger partial charge in [0, 0.05) is 32.7 Å². The molecule has 1 fully saturated rings. The van der Waals surface area contributed by atoms with Crippen molar-refractivity contribution in [3.8, 4) is 0 Å². The number of nitrogen functional groups attached to an aromatic ring is 1. The average Bonchev–Trinajstić information content (AvgIpc) is 2.62. The van der Waals surface area contributed by atoms with Crippen molar-refractivity contribution >= 4 is 23.2 Å². The van der Waals surface area contributed by atoms with Gasteiger partial charge in [0.05, 0.1) is 17.9 Å². The molecule has 2 amide bonds. The fourth-order valence-corrected chi connectivity index (χ4v) is 2.25. The molecule has 1 aliphatic rings. The highest BCUT2D eigenvalue weighted by Crippen LogP contribution is 2.25. The van der Waals surface area contributed by atoms with Crippen LogP contribution in [0, 0.1) is 0 Å². The van der Waals surface area contributed by atoms with Crippen LogP contribution in [-0.4, -0.2) is 50.4 Å². The van der Waals surface area contributed by atoms with E-state index in [1.165, 1.54) is 4.90 Å². The monoisotopic (exact) mass is 276 g/mol. The number of nitrogens with one attached hydrogen (secondary N) is 1. The van der Waals surface area contributed by atoms with Crippen molar-refractivity contribution in [1.82, 2.24) is 10.2 Å². The maximum atomic E-state index is 11.9. The van der Waals surface area contributed by atoms with Crippen LogP contribution in [0.4, 0.5) is 11.4 Å². The number of carbonyl (C=O) groups is 2. The number of amides is 2. The first-order chi connectivity index (χ1) is 9.49. The van der Waals surface area contributed by atoms with Crippen molar-refractivity contribution in [2.24, 2.45) is 0 Å². The molecule has 1 heterocycles. The first kappa shape index (κ1) is 14.2. The molecule has 20 heavy (non-hydrogen) atoms. The van der Waals surface area contributed by atoms with E-state index in [-0.39, 0.29) is 11.8 Å². The molecule has 0 unspecified atom stereocenters. The maximum absolute atomic E-state index is 11.9. The summed E-state index contributed by atoms with van der Waals surface area (Å²) in [5.41, 5.74) is 7.92. The quantitative estimate of drug-likeness (QED) is 0.761. The van der Waals surface area contributed by atoms with E-state index in [0.717, 1.165) is 18.7 Å². The lowest BCUT2D eigenvalue weighted by Gasteiger charge is -2.23. The lowest BCUT2D eigenvalue weighted by Crippen LogP contribution is -2.33. The molecule has 0 aliphatic carbocycles. The number of hydrogen-bond donors (Lipinski definition) is 2. The number of hydrogen-bond acceptors (Lipinski definition) is 4. The van der Waals surface area contributed by atoms with Crippen LogP contribution in [-0.2, 0) is 4.79 Å². The van der Waals surface area contributed by atoms with Gasteiger partial charge in [-0.15, -0.1) is 0 Å². The largest absolute Gasteiger partial charge is 0.397 e. The predicted molar refractivity (Wildman–Crippen MR) is 78.7 cm³/mol. The molecule has 108 valence electrons. The zero-order valence-corrected chi connectivity index (χ0v) is 11.8. The summed E-state index contributed by atoms with van der Waals surface area (Å²) in [6.45, 7) is 1.75. The van der Waals surface area contributed by atoms with E-state index in [4.69, 9.17) is 5.73 Å². The predicted octanol–water partition coefficient (Wildman–Crippen LogP) is 0.297. The summed E-state index contributed by atoms with van der Waals surface area (Å²) in [5, 5.41) is 2.83. The molecule has 1 aromatic rings. The molecule has 1 aliphatic heterocycles. The summed E-state index contributed by atoms with van der Waals surface area (Å²) in [6.07, 6.45) is 0.879. The summed E-state index contributed by atoms with van der Waals surface area (Å²) in [5.74, 6) is -0.0906. The average molecular weight is 276 g/mol. The van der Waals surface area contributed by atoms with Crippen molar-refractivity contribution in [3.63, 3.8) is 0 Å². The molecular weight excluding hydrogens is 256 g/mol. The third-order valence-corrected chi connectivity index (χ3v) is 3.28. The van der Waals surface area contributed by atoms with Gasteiger partial charge in [0.25, 0.3) is 5.91 Å². The smallest absolute Gasteiger partial charge is 0.253 e. The van der Waals surface area contributed by atoms with Crippen LogP contribution in [0.2, 0.25) is 0 Å². The minimum absolute atomic E-state index is 0.00431. The molecule has 6 heteroatoms. The van der Waals surface area contributed by atoms with Crippen molar-refractivity contribution in [1.29, 1.82) is 0 Å². The Bertz CT molecular complexity index is 528. The standard InChI is InChI=1S/C14H20N4O2/c1-17(2)14(20)10-4-5-12(11(15)8-10)18-7-3-6-16-13(19)9-18/h4-5,8H,3,6-7,9,15H2,1-2H3,(H,16,19). The number of nitrogens with two attached hydrogens (primary N) is 1. The molecule has 0 bridgehead atoms. The van der Waals surface area contributed by atoms with Crippen molar-refractivity contribution in [3.05, 3.63) is 23.8 Å². The van der Waals surface area contributed by atoms with Crippen molar-refractivity contribution in [2.45, 2.75) is 6.42 Å². The molecule has 6 nitrogen and oxygen atoms in total. The van der Waals surface area contributed by atoms with Gasteiger partial charge in [-0.1, -0.05) is 0 Å². The Balaban J connectivity index is 2.25. The van der Waals surface area contributed by atoms with Gasteiger partial charge in [-0.3, -0.25) is 9.59 Å². The molecule has 0 atom stereocenters. The van der Waals surface area contributed by atoms with Gasteiger partial charge in [0.2, 0.25) is 5.91 Å². The fourth-order valence-electron chi connectivity index (χ4n) is 2.25. The van der Waals surface area contributed by atoms with Gasteiger partial charge in [-0.05, 0) is 24.6 Å². The minimum Gasteiger partial charge on any atom is -0.397 e. The van der Waals surface area contributed by atoms with Crippen molar-refractivity contribution < 1.29 is 9.59 Å². The summed E-state index contributed by atoms with van der Waals surface area (Å²) in [6, 6.07) is 5.22. The summed E-state index contributed by atoms with van der Waals surface area (Å²) in [4.78, 5) is 26.9. The van der Waals surface area contributed by atoms with Gasteiger partial charge in [0.1, 0.15) is 0 Å². The topological polar surface area (TPSA) is 78.7 Å². The van der Waals surface area contributed by atoms with Crippen LogP contribution < -0.4 is 16.0 Å². The number of benzene rings is 1. The number of rotatable bonds is 2. The molecule has 0 aromatic heterocycles. The van der Waals surface area contributed by atoms with Crippen LogP contribution in [0.15, 0.2) is 18.2 Å². The highest BCUT2D eigenvalue weighted by molar-refractivity contribution is 5.96. The second-order valence-corrected chi connectivity index (χ2v) is 5.10. The van der Waals surface area contributed by atoms with Crippen LogP contribution in [0.25, 0.3) is 0 Å². The van der Waals surface area contributed by atoms with E-state index in [9.17, 15) is 9.59 Å². The van der Waals surface area contributed by atoms with Gasteiger partial charge >= 0.3 is 0 Å². The Morgan fingerprint density at radius 3 is 2.80 bits per heavy atom. The fraction of sp³-hybridized carbons (Fsp3) is 0.429. The molecule has 0 spiro atoms. The zero-order valence-electron chi connectivity index (χ0n) is 11.8. The van der Waals surface area contributed by atoms with Crippen LogP contribution >= 0.6 is 0 Å². The molecule has 0 radical (unpaired) electrons. The lowest BCUT2D eigenvalue weighted by molar-refractivity contribution is -0.119. The lowest BCUT2D eigenvalue weighted by atomic mass is 10.1. The van der Waals surface area contributed by atoms with E-state index in [1.807, 2.05) is 11.0 Å². The summed E-state index contributed by atoms with van der Waals surface area (Å²) in [7, 11) is 3.40.